The highest BCUT2D eigenvalue weighted by Crippen LogP contribution is 2.23. The van der Waals surface area contributed by atoms with Crippen LogP contribution in [0.25, 0.3) is 0 Å². The summed E-state index contributed by atoms with van der Waals surface area (Å²) >= 11 is 0. The van der Waals surface area contributed by atoms with Crippen LogP contribution in [0.15, 0.2) is 24.3 Å². The molecule has 17 heavy (non-hydrogen) atoms. The van der Waals surface area contributed by atoms with E-state index in [1.807, 2.05) is 31.2 Å². The van der Waals surface area contributed by atoms with Crippen molar-refractivity contribution in [1.29, 1.82) is 0 Å². The molecule has 0 radical (unpaired) electrons. The van der Waals surface area contributed by atoms with E-state index in [2.05, 4.69) is 13.8 Å². The van der Waals surface area contributed by atoms with Gasteiger partial charge in [-0.25, -0.2) is 0 Å². The summed E-state index contributed by atoms with van der Waals surface area (Å²) in [6.45, 7) is 6.79. The molecule has 0 amide bonds. The zero-order valence-electron chi connectivity index (χ0n) is 11.0. The molecule has 0 N–H and O–H groups in total. The average molecular weight is 234 g/mol. The molecule has 0 heterocycles. The number of rotatable bonds is 7. The average Bonchev–Trinajstić information content (AvgIpc) is 2.36. The van der Waals surface area contributed by atoms with E-state index in [0.29, 0.717) is 24.7 Å². The summed E-state index contributed by atoms with van der Waals surface area (Å²) in [5, 5.41) is 0. The molecule has 0 atom stereocenters. The first-order valence-electron chi connectivity index (χ1n) is 6.47. The van der Waals surface area contributed by atoms with Crippen molar-refractivity contribution in [3.63, 3.8) is 0 Å². The summed E-state index contributed by atoms with van der Waals surface area (Å²) in [5.74, 6) is 1.39. The van der Waals surface area contributed by atoms with Crippen LogP contribution in [-0.4, -0.2) is 12.4 Å². The molecule has 0 unspecified atom stereocenters. The molecule has 1 aromatic rings. The molecule has 1 aromatic carbocycles. The van der Waals surface area contributed by atoms with E-state index in [9.17, 15) is 4.79 Å². The molecule has 0 saturated heterocycles. The summed E-state index contributed by atoms with van der Waals surface area (Å²) in [5.41, 5.74) is 0.723. The molecule has 2 heteroatoms. The Balaban J connectivity index is 2.80. The van der Waals surface area contributed by atoms with Gasteiger partial charge < -0.3 is 4.74 Å². The van der Waals surface area contributed by atoms with Gasteiger partial charge in [-0.15, -0.1) is 0 Å². The number of carbonyl (C=O) groups is 1. The van der Waals surface area contributed by atoms with E-state index in [1.165, 1.54) is 0 Å². The maximum absolute atomic E-state index is 12.2. The predicted octanol–water partition coefficient (Wildman–Crippen LogP) is 4.09. The third-order valence-electron chi connectivity index (χ3n) is 3.12. The van der Waals surface area contributed by atoms with Gasteiger partial charge in [0.1, 0.15) is 5.75 Å². The molecule has 1 rings (SSSR count). The fraction of sp³-hybridized carbons (Fsp3) is 0.533. The van der Waals surface area contributed by atoms with Gasteiger partial charge in [0.2, 0.25) is 0 Å². The van der Waals surface area contributed by atoms with Crippen molar-refractivity contribution in [2.75, 3.05) is 6.61 Å². The Labute approximate surface area is 104 Å². The van der Waals surface area contributed by atoms with Crippen LogP contribution in [0.3, 0.4) is 0 Å². The summed E-state index contributed by atoms with van der Waals surface area (Å²) in [7, 11) is 0. The maximum Gasteiger partial charge on any atom is 0.166 e. The van der Waals surface area contributed by atoms with Gasteiger partial charge in [0.25, 0.3) is 0 Å². The fourth-order valence-corrected chi connectivity index (χ4v) is 1.93. The van der Waals surface area contributed by atoms with Gasteiger partial charge >= 0.3 is 0 Å². The molecule has 0 aliphatic rings. The van der Waals surface area contributed by atoms with Crippen LogP contribution in [0, 0.1) is 5.92 Å². The number of para-hydroxylation sites is 1. The van der Waals surface area contributed by atoms with E-state index in [4.69, 9.17) is 4.74 Å². The number of Topliss-reactive ketones (excluding diaryl/α,β-unsaturated/α-hetero) is 1. The SMILES string of the molecule is CCOc1ccccc1C(=O)CC(CC)CC. The lowest BCUT2D eigenvalue weighted by atomic mass is 9.94. The minimum absolute atomic E-state index is 0.197. The molecule has 0 aliphatic heterocycles. The number of ether oxygens (including phenoxy) is 1. The predicted molar refractivity (Wildman–Crippen MR) is 70.6 cm³/mol. The first kappa shape index (κ1) is 13.8. The first-order valence-corrected chi connectivity index (χ1v) is 6.47. The molecule has 0 saturated carbocycles. The van der Waals surface area contributed by atoms with E-state index >= 15 is 0 Å². The van der Waals surface area contributed by atoms with E-state index < -0.39 is 0 Å². The second-order valence-electron chi connectivity index (χ2n) is 4.24. The zero-order chi connectivity index (χ0) is 12.7. The van der Waals surface area contributed by atoms with Crippen LogP contribution in [0.4, 0.5) is 0 Å². The summed E-state index contributed by atoms with van der Waals surface area (Å²) in [4.78, 5) is 12.2. The normalized spacial score (nSPS) is 10.6. The van der Waals surface area contributed by atoms with Crippen LogP contribution in [0.5, 0.6) is 5.75 Å². The van der Waals surface area contributed by atoms with Crippen LogP contribution in [0.1, 0.15) is 50.4 Å². The smallest absolute Gasteiger partial charge is 0.166 e. The Morgan fingerprint density at radius 1 is 1.18 bits per heavy atom. The number of hydrogen-bond donors (Lipinski definition) is 0. The standard InChI is InChI=1S/C15H22O2/c1-4-12(5-2)11-14(16)13-9-7-8-10-15(13)17-6-3/h7-10,12H,4-6,11H2,1-3H3. The second kappa shape index (κ2) is 7.10. The van der Waals surface area contributed by atoms with Crippen molar-refractivity contribution >= 4 is 5.78 Å². The lowest BCUT2D eigenvalue weighted by Gasteiger charge is -2.13. The lowest BCUT2D eigenvalue weighted by Crippen LogP contribution is -2.09. The van der Waals surface area contributed by atoms with Crippen LogP contribution < -0.4 is 4.74 Å². The molecule has 0 aliphatic carbocycles. The van der Waals surface area contributed by atoms with Crippen molar-refractivity contribution in [2.24, 2.45) is 5.92 Å². The topological polar surface area (TPSA) is 26.3 Å². The number of carbonyl (C=O) groups excluding carboxylic acids is 1. The van der Waals surface area contributed by atoms with Crippen LogP contribution in [0.2, 0.25) is 0 Å². The monoisotopic (exact) mass is 234 g/mol. The summed E-state index contributed by atoms with van der Waals surface area (Å²) in [6.07, 6.45) is 2.73. The maximum atomic E-state index is 12.2. The van der Waals surface area contributed by atoms with Gasteiger partial charge in [-0.2, -0.15) is 0 Å². The van der Waals surface area contributed by atoms with Crippen LogP contribution in [-0.2, 0) is 0 Å². The van der Waals surface area contributed by atoms with E-state index in [0.717, 1.165) is 18.4 Å². The van der Waals surface area contributed by atoms with Gasteiger partial charge in [0.05, 0.1) is 12.2 Å². The Hall–Kier alpha value is -1.31. The molecular weight excluding hydrogens is 212 g/mol. The zero-order valence-corrected chi connectivity index (χ0v) is 11.0. The van der Waals surface area contributed by atoms with E-state index in [-0.39, 0.29) is 5.78 Å². The minimum atomic E-state index is 0.197. The van der Waals surface area contributed by atoms with Crippen molar-refractivity contribution in [3.05, 3.63) is 29.8 Å². The van der Waals surface area contributed by atoms with Gasteiger partial charge in [-0.3, -0.25) is 4.79 Å². The molecule has 0 aromatic heterocycles. The van der Waals surface area contributed by atoms with Gasteiger partial charge in [0.15, 0.2) is 5.78 Å². The quantitative estimate of drug-likeness (QED) is 0.664. The van der Waals surface area contributed by atoms with Crippen molar-refractivity contribution in [2.45, 2.75) is 40.0 Å². The second-order valence-corrected chi connectivity index (χ2v) is 4.24. The third kappa shape index (κ3) is 3.88. The van der Waals surface area contributed by atoms with Gasteiger partial charge in [-0.1, -0.05) is 38.8 Å². The van der Waals surface area contributed by atoms with E-state index in [1.54, 1.807) is 0 Å². The van der Waals surface area contributed by atoms with Crippen molar-refractivity contribution in [1.82, 2.24) is 0 Å². The Bertz CT molecular complexity index is 354. The first-order chi connectivity index (χ1) is 8.22. The molecule has 0 fully saturated rings. The Kier molecular flexibility index (Phi) is 5.75. The lowest BCUT2D eigenvalue weighted by molar-refractivity contribution is 0.0955. The summed E-state index contributed by atoms with van der Waals surface area (Å²) in [6, 6.07) is 7.51. The summed E-state index contributed by atoms with van der Waals surface area (Å²) < 4.78 is 5.49. The number of ketones is 1. The van der Waals surface area contributed by atoms with Crippen molar-refractivity contribution in [3.8, 4) is 5.75 Å². The Morgan fingerprint density at radius 3 is 2.41 bits per heavy atom. The van der Waals surface area contributed by atoms with Gasteiger partial charge in [-0.05, 0) is 25.0 Å². The largest absolute Gasteiger partial charge is 0.493 e. The fourth-order valence-electron chi connectivity index (χ4n) is 1.93. The highest BCUT2D eigenvalue weighted by Gasteiger charge is 2.15. The highest BCUT2D eigenvalue weighted by molar-refractivity contribution is 5.98. The third-order valence-corrected chi connectivity index (χ3v) is 3.12. The number of benzene rings is 1. The molecule has 0 bridgehead atoms. The molecule has 94 valence electrons. The van der Waals surface area contributed by atoms with Crippen molar-refractivity contribution < 1.29 is 9.53 Å². The molecular formula is C15H22O2. The van der Waals surface area contributed by atoms with Crippen LogP contribution >= 0.6 is 0 Å². The molecule has 2 nitrogen and oxygen atoms in total. The highest BCUT2D eigenvalue weighted by atomic mass is 16.5. The Morgan fingerprint density at radius 2 is 1.82 bits per heavy atom. The van der Waals surface area contributed by atoms with Gasteiger partial charge in [0, 0.05) is 6.42 Å². The molecule has 0 spiro atoms. The number of hydrogen-bond acceptors (Lipinski definition) is 2. The minimum Gasteiger partial charge on any atom is -0.493 e.